The number of rotatable bonds is 4. The molecule has 0 fully saturated rings. The monoisotopic (exact) mass is 338 g/mol. The third kappa shape index (κ3) is 2.55. The second kappa shape index (κ2) is 5.55. The van der Waals surface area contributed by atoms with E-state index >= 15 is 0 Å². The lowest BCUT2D eigenvalue weighted by atomic mass is 10.1. The first-order valence-electron chi connectivity index (χ1n) is 7.39. The van der Waals surface area contributed by atoms with Crippen molar-refractivity contribution in [2.24, 2.45) is 0 Å². The summed E-state index contributed by atoms with van der Waals surface area (Å²) in [5.41, 5.74) is 1.09. The van der Waals surface area contributed by atoms with Crippen molar-refractivity contribution in [2.75, 3.05) is 6.79 Å². The summed E-state index contributed by atoms with van der Waals surface area (Å²) >= 11 is 0. The van der Waals surface area contributed by atoms with Crippen LogP contribution in [0.3, 0.4) is 0 Å². The smallest absolute Gasteiger partial charge is 0.347 e. The number of hydrogen-bond acceptors (Lipinski definition) is 7. The Morgan fingerprint density at radius 3 is 2.00 bits per heavy atom. The Hall–Kier alpha value is -3.48. The van der Waals surface area contributed by atoms with Gasteiger partial charge in [0.15, 0.2) is 11.6 Å². The van der Waals surface area contributed by atoms with Gasteiger partial charge in [-0.1, -0.05) is 0 Å². The molecule has 2 aliphatic rings. The Morgan fingerprint density at radius 1 is 0.720 bits per heavy atom. The molecule has 0 saturated carbocycles. The lowest BCUT2D eigenvalue weighted by Crippen LogP contribution is -2.07. The molecule has 7 nitrogen and oxygen atoms in total. The van der Waals surface area contributed by atoms with Crippen molar-refractivity contribution >= 4 is 23.5 Å². The molecule has 0 atom stereocenters. The summed E-state index contributed by atoms with van der Waals surface area (Å²) in [7, 11) is 0. The van der Waals surface area contributed by atoms with E-state index < -0.39 is 11.9 Å². The molecule has 0 aromatic heterocycles. The Bertz CT molecular complexity index is 880. The maximum absolute atomic E-state index is 11.7. The third-order valence-corrected chi connectivity index (χ3v) is 3.98. The van der Waals surface area contributed by atoms with Gasteiger partial charge in [0.25, 0.3) is 0 Å². The van der Waals surface area contributed by atoms with E-state index in [9.17, 15) is 19.2 Å². The zero-order chi connectivity index (χ0) is 17.6. The summed E-state index contributed by atoms with van der Waals surface area (Å²) in [6, 6.07) is 9.00. The molecule has 0 radical (unpaired) electrons. The standard InChI is InChI=1S/C18H10O7/c19-15-7-16(20)13-5-9(1-3-11(13)15)23-8-24-10-2-4-12-14(6-10)18(22)25-17(12)21/h1-6H,7-8H2. The molecule has 1 heterocycles. The summed E-state index contributed by atoms with van der Waals surface area (Å²) in [5.74, 6) is -1.10. The largest absolute Gasteiger partial charge is 0.457 e. The average molecular weight is 338 g/mol. The molecule has 124 valence electrons. The third-order valence-electron chi connectivity index (χ3n) is 3.98. The lowest BCUT2D eigenvalue weighted by molar-refractivity contribution is 0.0443. The highest BCUT2D eigenvalue weighted by Gasteiger charge is 2.30. The van der Waals surface area contributed by atoms with Crippen molar-refractivity contribution in [1.29, 1.82) is 0 Å². The molecule has 1 aliphatic heterocycles. The van der Waals surface area contributed by atoms with Crippen LogP contribution in [-0.2, 0) is 4.74 Å². The van der Waals surface area contributed by atoms with Crippen LogP contribution in [0.2, 0.25) is 0 Å². The van der Waals surface area contributed by atoms with Crippen LogP contribution in [-0.4, -0.2) is 30.3 Å². The molecule has 0 unspecified atom stereocenters. The van der Waals surface area contributed by atoms with E-state index in [1.54, 1.807) is 12.1 Å². The first-order valence-corrected chi connectivity index (χ1v) is 7.39. The molecule has 25 heavy (non-hydrogen) atoms. The van der Waals surface area contributed by atoms with E-state index in [0.29, 0.717) is 22.6 Å². The lowest BCUT2D eigenvalue weighted by Gasteiger charge is -2.09. The fourth-order valence-electron chi connectivity index (χ4n) is 2.74. The van der Waals surface area contributed by atoms with E-state index in [-0.39, 0.29) is 35.9 Å². The highest BCUT2D eigenvalue weighted by molar-refractivity contribution is 6.24. The zero-order valence-corrected chi connectivity index (χ0v) is 12.7. The van der Waals surface area contributed by atoms with Crippen LogP contribution in [0.25, 0.3) is 0 Å². The summed E-state index contributed by atoms with van der Waals surface area (Å²) in [6.45, 7) is -0.178. The minimum Gasteiger partial charge on any atom is -0.457 e. The molecule has 0 amide bonds. The molecule has 7 heteroatoms. The maximum atomic E-state index is 11.7. The quantitative estimate of drug-likeness (QED) is 0.479. The molecular weight excluding hydrogens is 328 g/mol. The van der Waals surface area contributed by atoms with Crippen LogP contribution in [0.4, 0.5) is 0 Å². The van der Waals surface area contributed by atoms with Crippen molar-refractivity contribution in [2.45, 2.75) is 6.42 Å². The summed E-state index contributed by atoms with van der Waals surface area (Å²) in [6.07, 6.45) is -0.112. The molecular formula is C18H10O7. The number of esters is 2. The number of ether oxygens (including phenoxy) is 3. The van der Waals surface area contributed by atoms with Crippen molar-refractivity contribution in [3.8, 4) is 11.5 Å². The minimum absolute atomic E-state index is 0.112. The summed E-state index contributed by atoms with van der Waals surface area (Å²) in [4.78, 5) is 46.2. The topological polar surface area (TPSA) is 96.0 Å². The molecule has 2 aromatic carbocycles. The Morgan fingerprint density at radius 2 is 1.28 bits per heavy atom. The number of benzene rings is 2. The summed E-state index contributed by atoms with van der Waals surface area (Å²) in [5, 5.41) is 0. The van der Waals surface area contributed by atoms with Gasteiger partial charge in [-0.25, -0.2) is 9.59 Å². The average Bonchev–Trinajstić information content (AvgIpc) is 3.04. The predicted octanol–water partition coefficient (Wildman–Crippen LogP) is 2.18. The Kier molecular flexibility index (Phi) is 3.35. The Labute approximate surface area is 141 Å². The van der Waals surface area contributed by atoms with E-state index in [1.807, 2.05) is 0 Å². The maximum Gasteiger partial charge on any atom is 0.347 e. The normalized spacial score (nSPS) is 15.0. The zero-order valence-electron chi connectivity index (χ0n) is 12.7. The number of hydrogen-bond donors (Lipinski definition) is 0. The van der Waals surface area contributed by atoms with Crippen LogP contribution in [0.1, 0.15) is 47.9 Å². The van der Waals surface area contributed by atoms with Crippen molar-refractivity contribution < 1.29 is 33.4 Å². The molecule has 4 rings (SSSR count). The fraction of sp³-hybridized carbons (Fsp3) is 0.111. The van der Waals surface area contributed by atoms with Crippen molar-refractivity contribution in [3.05, 3.63) is 58.7 Å². The second-order valence-electron chi connectivity index (χ2n) is 5.52. The number of Topliss-reactive ketones (excluding diaryl/α,β-unsaturated/α-hetero) is 2. The summed E-state index contributed by atoms with van der Waals surface area (Å²) < 4.78 is 15.3. The van der Waals surface area contributed by atoms with Crippen LogP contribution in [0.15, 0.2) is 36.4 Å². The van der Waals surface area contributed by atoms with Gasteiger partial charge in [0.1, 0.15) is 11.5 Å². The fourth-order valence-corrected chi connectivity index (χ4v) is 2.74. The molecule has 0 spiro atoms. The number of carbonyl (C=O) groups excluding carboxylic acids is 4. The van der Waals surface area contributed by atoms with Crippen LogP contribution < -0.4 is 9.47 Å². The molecule has 1 aliphatic carbocycles. The minimum atomic E-state index is -0.715. The van der Waals surface area contributed by atoms with Gasteiger partial charge in [0.2, 0.25) is 6.79 Å². The van der Waals surface area contributed by atoms with Gasteiger partial charge in [-0.15, -0.1) is 0 Å². The van der Waals surface area contributed by atoms with Gasteiger partial charge in [-0.3, -0.25) is 9.59 Å². The SMILES string of the molecule is O=C1CC(=O)c2cc(OCOc3ccc4c(c3)C(=O)OC4=O)ccc21. The van der Waals surface area contributed by atoms with E-state index in [1.165, 1.54) is 24.3 Å². The highest BCUT2D eigenvalue weighted by atomic mass is 16.7. The number of ketones is 2. The van der Waals surface area contributed by atoms with E-state index in [0.717, 1.165) is 0 Å². The predicted molar refractivity (Wildman–Crippen MR) is 82.0 cm³/mol. The van der Waals surface area contributed by atoms with Gasteiger partial charge in [0.05, 0.1) is 17.5 Å². The van der Waals surface area contributed by atoms with Crippen LogP contribution in [0.5, 0.6) is 11.5 Å². The van der Waals surface area contributed by atoms with Gasteiger partial charge < -0.3 is 14.2 Å². The molecule has 0 N–H and O–H groups in total. The first kappa shape index (κ1) is 15.1. The molecule has 0 bridgehead atoms. The Balaban J connectivity index is 1.44. The molecule has 2 aromatic rings. The van der Waals surface area contributed by atoms with Crippen molar-refractivity contribution in [1.82, 2.24) is 0 Å². The van der Waals surface area contributed by atoms with Gasteiger partial charge in [-0.05, 0) is 36.4 Å². The van der Waals surface area contributed by atoms with Gasteiger partial charge in [-0.2, -0.15) is 0 Å². The second-order valence-corrected chi connectivity index (χ2v) is 5.52. The van der Waals surface area contributed by atoms with Crippen molar-refractivity contribution in [3.63, 3.8) is 0 Å². The van der Waals surface area contributed by atoms with Gasteiger partial charge in [0, 0.05) is 11.1 Å². The van der Waals surface area contributed by atoms with Crippen LogP contribution >= 0.6 is 0 Å². The van der Waals surface area contributed by atoms with Crippen LogP contribution in [0, 0.1) is 0 Å². The van der Waals surface area contributed by atoms with E-state index in [2.05, 4.69) is 4.74 Å². The number of fused-ring (bicyclic) bond motifs is 2. The van der Waals surface area contributed by atoms with Gasteiger partial charge >= 0.3 is 11.9 Å². The number of cyclic esters (lactones) is 2. The van der Waals surface area contributed by atoms with E-state index in [4.69, 9.17) is 9.47 Å². The first-order chi connectivity index (χ1) is 12.0. The molecule has 0 saturated heterocycles. The number of carbonyl (C=O) groups is 4. The highest BCUT2D eigenvalue weighted by Crippen LogP contribution is 2.27.